The molecule has 0 saturated heterocycles. The van der Waals surface area contributed by atoms with E-state index >= 15 is 0 Å². The van der Waals surface area contributed by atoms with Gasteiger partial charge in [-0.25, -0.2) is 4.99 Å². The summed E-state index contributed by atoms with van der Waals surface area (Å²) >= 11 is 0. The van der Waals surface area contributed by atoms with E-state index in [2.05, 4.69) is 4.99 Å². The minimum Gasteiger partial charge on any atom is -0.383 e. The first-order valence-electron chi connectivity index (χ1n) is 5.36. The van der Waals surface area contributed by atoms with E-state index in [1.54, 1.807) is 36.4 Å². The minimum atomic E-state index is -3.52. The first-order valence-corrected chi connectivity index (χ1v) is 7.18. The van der Waals surface area contributed by atoms with E-state index < -0.39 is 10.1 Å². The maximum atomic E-state index is 11.0. The van der Waals surface area contributed by atoms with Crippen molar-refractivity contribution in [2.45, 2.75) is 0 Å². The summed E-state index contributed by atoms with van der Waals surface area (Å²) in [6.45, 7) is 0. The predicted molar refractivity (Wildman–Crippen MR) is 74.9 cm³/mol. The average Bonchev–Trinajstić information content (AvgIpc) is 2.26. The normalized spacial score (nSPS) is 11.2. The van der Waals surface area contributed by atoms with E-state index in [1.807, 2.05) is 0 Å². The number of nitrogens with two attached hydrogens (primary N) is 2. The monoisotopic (exact) mass is 279 g/mol. The fourth-order valence-electron chi connectivity index (χ4n) is 1.66. The smallest absolute Gasteiger partial charge is 0.306 e. The van der Waals surface area contributed by atoms with Crippen LogP contribution in [0.25, 0.3) is 10.8 Å². The van der Waals surface area contributed by atoms with Gasteiger partial charge < -0.3 is 15.7 Å². The topological polar surface area (TPSA) is 108 Å². The molecule has 0 aliphatic heterocycles. The molecule has 7 heteroatoms. The Balaban J connectivity index is 2.43. The number of hydrogen-bond donors (Lipinski definition) is 2. The van der Waals surface area contributed by atoms with Crippen LogP contribution in [0.5, 0.6) is 5.75 Å². The molecular weight excluding hydrogens is 266 g/mol. The summed E-state index contributed by atoms with van der Waals surface area (Å²) in [4.78, 5) is 3.94. The highest BCUT2D eigenvalue weighted by atomic mass is 32.2. The molecule has 0 aromatic heterocycles. The number of guanidine groups is 1. The Kier molecular flexibility index (Phi) is 3.30. The zero-order chi connectivity index (χ0) is 14.0. The lowest BCUT2D eigenvalue weighted by atomic mass is 10.1. The van der Waals surface area contributed by atoms with Crippen LogP contribution in [0.1, 0.15) is 0 Å². The molecule has 100 valence electrons. The van der Waals surface area contributed by atoms with Gasteiger partial charge in [0, 0.05) is 0 Å². The van der Waals surface area contributed by atoms with Crippen LogP contribution < -0.4 is 15.7 Å². The molecule has 4 N–H and O–H groups in total. The van der Waals surface area contributed by atoms with Gasteiger partial charge in [-0.1, -0.05) is 12.1 Å². The Bertz CT molecular complexity index is 750. The zero-order valence-corrected chi connectivity index (χ0v) is 11.0. The van der Waals surface area contributed by atoms with Crippen LogP contribution in [0.15, 0.2) is 41.4 Å². The van der Waals surface area contributed by atoms with Gasteiger partial charge in [0.1, 0.15) is 5.75 Å². The van der Waals surface area contributed by atoms with Gasteiger partial charge in [0.2, 0.25) is 0 Å². The van der Waals surface area contributed by atoms with Crippen molar-refractivity contribution in [2.24, 2.45) is 16.5 Å². The van der Waals surface area contributed by atoms with Crippen LogP contribution in [-0.2, 0) is 10.1 Å². The highest BCUT2D eigenvalue weighted by Crippen LogP contribution is 2.25. The Morgan fingerprint density at radius 2 is 1.74 bits per heavy atom. The lowest BCUT2D eigenvalue weighted by Gasteiger charge is -2.05. The number of fused-ring (bicyclic) bond motifs is 1. The average molecular weight is 279 g/mol. The van der Waals surface area contributed by atoms with E-state index in [0.29, 0.717) is 5.69 Å². The molecule has 2 aromatic rings. The second kappa shape index (κ2) is 4.77. The van der Waals surface area contributed by atoms with Crippen molar-refractivity contribution in [2.75, 3.05) is 6.26 Å². The third kappa shape index (κ3) is 3.59. The van der Waals surface area contributed by atoms with Crippen molar-refractivity contribution >= 4 is 32.5 Å². The van der Waals surface area contributed by atoms with Crippen LogP contribution in [0.4, 0.5) is 5.69 Å². The molecule has 0 aliphatic rings. The Labute approximate surface area is 110 Å². The van der Waals surface area contributed by atoms with E-state index in [0.717, 1.165) is 17.0 Å². The molecule has 0 bridgehead atoms. The summed E-state index contributed by atoms with van der Waals surface area (Å²) < 4.78 is 26.9. The van der Waals surface area contributed by atoms with E-state index in [9.17, 15) is 8.42 Å². The third-order valence-corrected chi connectivity index (χ3v) is 2.80. The SMILES string of the molecule is CS(=O)(=O)Oc1ccc2cc(N=C(N)N)ccc2c1. The van der Waals surface area contributed by atoms with Gasteiger partial charge in [-0.05, 0) is 35.0 Å². The Morgan fingerprint density at radius 1 is 1.11 bits per heavy atom. The van der Waals surface area contributed by atoms with Gasteiger partial charge in [-0.15, -0.1) is 0 Å². The molecule has 0 heterocycles. The Hall–Kier alpha value is -2.28. The summed E-state index contributed by atoms with van der Waals surface area (Å²) in [6.07, 6.45) is 0.999. The van der Waals surface area contributed by atoms with Crippen LogP contribution in [0, 0.1) is 0 Å². The molecule has 0 atom stereocenters. The fourth-order valence-corrected chi connectivity index (χ4v) is 2.11. The lowest BCUT2D eigenvalue weighted by Crippen LogP contribution is -2.21. The highest BCUT2D eigenvalue weighted by Gasteiger charge is 2.05. The summed E-state index contributed by atoms with van der Waals surface area (Å²) in [5.41, 5.74) is 11.2. The van der Waals surface area contributed by atoms with Crippen molar-refractivity contribution in [3.8, 4) is 5.75 Å². The van der Waals surface area contributed by atoms with E-state index in [1.165, 1.54) is 0 Å². The van der Waals surface area contributed by atoms with Gasteiger partial charge in [0.15, 0.2) is 5.96 Å². The van der Waals surface area contributed by atoms with Crippen molar-refractivity contribution in [1.82, 2.24) is 0 Å². The second-order valence-electron chi connectivity index (χ2n) is 4.02. The molecule has 0 saturated carbocycles. The molecule has 0 aliphatic carbocycles. The van der Waals surface area contributed by atoms with Crippen molar-refractivity contribution in [3.05, 3.63) is 36.4 Å². The van der Waals surface area contributed by atoms with Crippen LogP contribution in [-0.4, -0.2) is 20.6 Å². The number of hydrogen-bond acceptors (Lipinski definition) is 4. The van der Waals surface area contributed by atoms with Gasteiger partial charge in [0.25, 0.3) is 0 Å². The standard InChI is InChI=1S/C12H13N3O3S/c1-19(16,17)18-11-5-3-8-6-10(15-12(13)14)4-2-9(8)7-11/h2-7H,1H3,(H4,13,14,15). The van der Waals surface area contributed by atoms with Gasteiger partial charge in [-0.2, -0.15) is 8.42 Å². The summed E-state index contributed by atoms with van der Waals surface area (Å²) in [5.74, 6) is 0.251. The maximum Gasteiger partial charge on any atom is 0.306 e. The van der Waals surface area contributed by atoms with E-state index in [4.69, 9.17) is 15.7 Å². The van der Waals surface area contributed by atoms with Gasteiger partial charge in [0.05, 0.1) is 11.9 Å². The first-order chi connectivity index (χ1) is 8.83. The number of benzene rings is 2. The van der Waals surface area contributed by atoms with Crippen LogP contribution in [0.2, 0.25) is 0 Å². The van der Waals surface area contributed by atoms with E-state index in [-0.39, 0.29) is 11.7 Å². The molecule has 2 aromatic carbocycles. The Morgan fingerprint density at radius 3 is 2.37 bits per heavy atom. The van der Waals surface area contributed by atoms with Gasteiger partial charge in [-0.3, -0.25) is 0 Å². The highest BCUT2D eigenvalue weighted by molar-refractivity contribution is 7.86. The first kappa shape index (κ1) is 13.2. The summed E-state index contributed by atoms with van der Waals surface area (Å²) in [5, 5.41) is 1.71. The molecule has 0 unspecified atom stereocenters. The largest absolute Gasteiger partial charge is 0.383 e. The minimum absolute atomic E-state index is 0.0172. The van der Waals surface area contributed by atoms with Crippen molar-refractivity contribution in [1.29, 1.82) is 0 Å². The third-order valence-electron chi connectivity index (χ3n) is 2.30. The van der Waals surface area contributed by atoms with Gasteiger partial charge >= 0.3 is 10.1 Å². The lowest BCUT2D eigenvalue weighted by molar-refractivity contribution is 0.493. The van der Waals surface area contributed by atoms with Crippen LogP contribution in [0.3, 0.4) is 0 Å². The molecule has 0 amide bonds. The van der Waals surface area contributed by atoms with Crippen molar-refractivity contribution in [3.63, 3.8) is 0 Å². The number of aliphatic imine (C=N–C) groups is 1. The molecule has 19 heavy (non-hydrogen) atoms. The van der Waals surface area contributed by atoms with Crippen molar-refractivity contribution < 1.29 is 12.6 Å². The molecular formula is C12H13N3O3S. The molecule has 0 fully saturated rings. The fraction of sp³-hybridized carbons (Fsp3) is 0.0833. The zero-order valence-electron chi connectivity index (χ0n) is 10.2. The quantitative estimate of drug-likeness (QED) is 0.496. The summed E-state index contributed by atoms with van der Waals surface area (Å²) in [7, 11) is -3.52. The molecule has 0 spiro atoms. The number of rotatable bonds is 3. The predicted octanol–water partition coefficient (Wildman–Crippen LogP) is 1.08. The number of nitrogens with zero attached hydrogens (tertiary/aromatic N) is 1. The second-order valence-corrected chi connectivity index (χ2v) is 5.59. The molecule has 2 rings (SSSR count). The summed E-state index contributed by atoms with van der Waals surface area (Å²) in [6, 6.07) is 10.2. The molecule has 6 nitrogen and oxygen atoms in total. The van der Waals surface area contributed by atoms with Crippen LogP contribution >= 0.6 is 0 Å². The maximum absolute atomic E-state index is 11.0. The molecule has 0 radical (unpaired) electrons.